The van der Waals surface area contributed by atoms with Gasteiger partial charge in [0.1, 0.15) is 11.6 Å². The van der Waals surface area contributed by atoms with E-state index in [4.69, 9.17) is 4.42 Å². The summed E-state index contributed by atoms with van der Waals surface area (Å²) in [7, 11) is -4.06. The second-order valence-corrected chi connectivity index (χ2v) is 10.3. The van der Waals surface area contributed by atoms with Crippen LogP contribution in [-0.4, -0.2) is 46.2 Å². The van der Waals surface area contributed by atoms with E-state index in [9.17, 15) is 26.4 Å². The molecule has 1 saturated heterocycles. The van der Waals surface area contributed by atoms with E-state index in [1.54, 1.807) is 18.2 Å². The smallest absolute Gasteiger partial charge is 0.417 e. The zero-order valence-corrected chi connectivity index (χ0v) is 20.0. The number of aromatic nitrogens is 3. The Kier molecular flexibility index (Phi) is 6.42. The fourth-order valence-electron chi connectivity index (χ4n) is 4.15. The molecule has 9 nitrogen and oxygen atoms in total. The molecule has 0 bridgehead atoms. The Hall–Kier alpha value is -3.84. The van der Waals surface area contributed by atoms with Gasteiger partial charge in [-0.25, -0.2) is 8.42 Å². The van der Waals surface area contributed by atoms with Gasteiger partial charge in [-0.15, -0.1) is 0 Å². The first-order valence-corrected chi connectivity index (χ1v) is 12.7. The van der Waals surface area contributed by atoms with Crippen molar-refractivity contribution in [1.82, 2.24) is 24.6 Å². The number of carbonyl (C=O) groups is 1. The predicted molar refractivity (Wildman–Crippen MR) is 125 cm³/mol. The summed E-state index contributed by atoms with van der Waals surface area (Å²) >= 11 is 0. The molecule has 37 heavy (non-hydrogen) atoms. The quantitative estimate of drug-likeness (QED) is 0.402. The molecule has 1 N–H and O–H groups in total. The molecular weight excluding hydrogens is 511 g/mol. The van der Waals surface area contributed by atoms with Crippen molar-refractivity contribution in [3.63, 3.8) is 0 Å². The first-order chi connectivity index (χ1) is 17.6. The Balaban J connectivity index is 1.28. The number of hydrogen-bond acceptors (Lipinski definition) is 7. The lowest BCUT2D eigenvalue weighted by Gasteiger charge is -2.22. The van der Waals surface area contributed by atoms with Crippen LogP contribution in [0.1, 0.15) is 24.1 Å². The standard InChI is InChI=1S/C24H20F3N5O4S/c25-24(26,27)17-3-4-19(30-13-17)15-5-8-29-18(10-15)14-31-23(33)20-2-1-9-32(20)37(34,35)22-11-16-12-28-7-6-21(16)36-22/h3-8,10-13,20H,1-2,9,14H2,(H,31,33)/t20-/m0/s1. The van der Waals surface area contributed by atoms with Crippen LogP contribution in [0.25, 0.3) is 22.2 Å². The molecule has 1 aliphatic rings. The molecule has 4 aromatic rings. The monoisotopic (exact) mass is 531 g/mol. The summed E-state index contributed by atoms with van der Waals surface area (Å²) in [4.78, 5) is 25.0. The average molecular weight is 532 g/mol. The van der Waals surface area contributed by atoms with E-state index in [1.807, 2.05) is 0 Å². The van der Waals surface area contributed by atoms with Gasteiger partial charge in [0.05, 0.1) is 23.5 Å². The minimum absolute atomic E-state index is 0.00595. The second kappa shape index (κ2) is 9.56. The van der Waals surface area contributed by atoms with E-state index in [0.717, 1.165) is 16.6 Å². The Labute approximate surface area is 209 Å². The minimum Gasteiger partial charge on any atom is -0.443 e. The van der Waals surface area contributed by atoms with E-state index in [-0.39, 0.29) is 18.2 Å². The molecule has 5 rings (SSSR count). The van der Waals surface area contributed by atoms with E-state index < -0.39 is 33.7 Å². The van der Waals surface area contributed by atoms with Gasteiger partial charge in [0.2, 0.25) is 11.0 Å². The third-order valence-corrected chi connectivity index (χ3v) is 7.77. The van der Waals surface area contributed by atoms with Crippen LogP contribution in [0, 0.1) is 0 Å². The summed E-state index contributed by atoms with van der Waals surface area (Å²) in [6, 6.07) is 7.42. The summed E-state index contributed by atoms with van der Waals surface area (Å²) in [6.07, 6.45) is 1.56. The molecule has 1 amide bonds. The molecule has 0 aromatic carbocycles. The van der Waals surface area contributed by atoms with Gasteiger partial charge in [0.15, 0.2) is 0 Å². The van der Waals surface area contributed by atoms with Crippen molar-refractivity contribution in [2.45, 2.75) is 36.7 Å². The highest BCUT2D eigenvalue weighted by molar-refractivity contribution is 7.89. The van der Waals surface area contributed by atoms with Gasteiger partial charge in [-0.1, -0.05) is 0 Å². The van der Waals surface area contributed by atoms with Crippen LogP contribution in [0.3, 0.4) is 0 Å². The number of halogens is 3. The number of amides is 1. The summed E-state index contributed by atoms with van der Waals surface area (Å²) in [5, 5.41) is 2.99. The Morgan fingerprint density at radius 1 is 1.11 bits per heavy atom. The molecule has 0 unspecified atom stereocenters. The maximum atomic E-state index is 13.2. The van der Waals surface area contributed by atoms with Crippen molar-refractivity contribution >= 4 is 26.9 Å². The number of sulfonamides is 1. The van der Waals surface area contributed by atoms with Gasteiger partial charge in [-0.2, -0.15) is 17.5 Å². The summed E-state index contributed by atoms with van der Waals surface area (Å²) in [6.45, 7) is 0.164. The molecule has 0 radical (unpaired) electrons. The van der Waals surface area contributed by atoms with Crippen molar-refractivity contribution in [2.24, 2.45) is 0 Å². The molecule has 4 aromatic heterocycles. The molecule has 1 aliphatic heterocycles. The van der Waals surface area contributed by atoms with E-state index in [1.165, 1.54) is 30.7 Å². The molecule has 1 atom stereocenters. The third-order valence-electron chi connectivity index (χ3n) is 6.01. The topological polar surface area (TPSA) is 118 Å². The van der Waals surface area contributed by atoms with E-state index in [0.29, 0.717) is 40.8 Å². The van der Waals surface area contributed by atoms with Crippen LogP contribution in [-0.2, 0) is 27.5 Å². The summed E-state index contributed by atoms with van der Waals surface area (Å²) < 4.78 is 71.5. The highest BCUT2D eigenvalue weighted by Crippen LogP contribution is 2.31. The van der Waals surface area contributed by atoms with Crippen molar-refractivity contribution in [2.75, 3.05) is 6.54 Å². The number of nitrogens with one attached hydrogen (secondary N) is 1. The van der Waals surface area contributed by atoms with Crippen LogP contribution in [0.4, 0.5) is 13.2 Å². The molecule has 0 saturated carbocycles. The molecule has 5 heterocycles. The number of alkyl halides is 3. The number of rotatable bonds is 6. The minimum atomic E-state index is -4.48. The summed E-state index contributed by atoms with van der Waals surface area (Å²) in [5.41, 5.74) is 0.801. The number of furan rings is 1. The normalized spacial score (nSPS) is 16.8. The van der Waals surface area contributed by atoms with Crippen molar-refractivity contribution in [3.8, 4) is 11.3 Å². The zero-order chi connectivity index (χ0) is 26.2. The van der Waals surface area contributed by atoms with E-state index in [2.05, 4.69) is 20.3 Å². The van der Waals surface area contributed by atoms with Gasteiger partial charge in [0, 0.05) is 48.3 Å². The van der Waals surface area contributed by atoms with Crippen LogP contribution < -0.4 is 5.32 Å². The molecule has 0 spiro atoms. The molecule has 1 fully saturated rings. The first-order valence-electron chi connectivity index (χ1n) is 11.2. The first kappa shape index (κ1) is 24.8. The van der Waals surface area contributed by atoms with Crippen molar-refractivity contribution < 1.29 is 30.8 Å². The predicted octanol–water partition coefficient (Wildman–Crippen LogP) is 3.77. The zero-order valence-electron chi connectivity index (χ0n) is 19.1. The van der Waals surface area contributed by atoms with Gasteiger partial charge in [-0.3, -0.25) is 19.7 Å². The van der Waals surface area contributed by atoms with Gasteiger partial charge >= 0.3 is 6.18 Å². The number of carbonyl (C=O) groups excluding carboxylic acids is 1. The second-order valence-electron chi connectivity index (χ2n) is 8.44. The van der Waals surface area contributed by atoms with Gasteiger partial charge in [-0.05, 0) is 43.2 Å². The Bertz CT molecular complexity index is 1520. The molecular formula is C24H20F3N5O4S. The number of nitrogens with zero attached hydrogens (tertiary/aromatic N) is 4. The van der Waals surface area contributed by atoms with Crippen LogP contribution >= 0.6 is 0 Å². The highest BCUT2D eigenvalue weighted by atomic mass is 32.2. The largest absolute Gasteiger partial charge is 0.443 e. The Morgan fingerprint density at radius 3 is 2.68 bits per heavy atom. The summed E-state index contributed by atoms with van der Waals surface area (Å²) in [5.74, 6) is -0.487. The SMILES string of the molecule is O=C(NCc1cc(-c2ccc(C(F)(F)F)cn2)ccn1)[C@@H]1CCCN1S(=O)(=O)c1cc2cnccc2o1. The lowest BCUT2D eigenvalue weighted by Crippen LogP contribution is -2.45. The molecule has 192 valence electrons. The van der Waals surface area contributed by atoms with Gasteiger partial charge < -0.3 is 9.73 Å². The van der Waals surface area contributed by atoms with Crippen LogP contribution in [0.5, 0.6) is 0 Å². The maximum Gasteiger partial charge on any atom is 0.417 e. The molecule has 13 heteroatoms. The van der Waals surface area contributed by atoms with Crippen molar-refractivity contribution in [3.05, 3.63) is 72.4 Å². The highest BCUT2D eigenvalue weighted by Gasteiger charge is 2.41. The van der Waals surface area contributed by atoms with Crippen LogP contribution in [0.15, 0.2) is 70.7 Å². The fraction of sp³-hybridized carbons (Fsp3) is 0.250. The fourth-order valence-corrected chi connectivity index (χ4v) is 5.76. The third kappa shape index (κ3) is 5.04. The number of pyridine rings is 3. The van der Waals surface area contributed by atoms with Crippen molar-refractivity contribution in [1.29, 1.82) is 0 Å². The average Bonchev–Trinajstić information content (AvgIpc) is 3.55. The lowest BCUT2D eigenvalue weighted by molar-refractivity contribution is -0.137. The number of fused-ring (bicyclic) bond motifs is 1. The molecule has 0 aliphatic carbocycles. The Morgan fingerprint density at radius 2 is 1.95 bits per heavy atom. The van der Waals surface area contributed by atoms with Crippen LogP contribution in [0.2, 0.25) is 0 Å². The maximum absolute atomic E-state index is 13.2. The van der Waals surface area contributed by atoms with E-state index >= 15 is 0 Å². The lowest BCUT2D eigenvalue weighted by atomic mass is 10.1. The van der Waals surface area contributed by atoms with Gasteiger partial charge in [0.25, 0.3) is 10.0 Å². The number of hydrogen-bond donors (Lipinski definition) is 1.